The summed E-state index contributed by atoms with van der Waals surface area (Å²) in [7, 11) is 1.72. The van der Waals surface area contributed by atoms with Gasteiger partial charge < -0.3 is 4.90 Å². The molecule has 0 atom stereocenters. The summed E-state index contributed by atoms with van der Waals surface area (Å²) in [6, 6.07) is 9.62. The molecule has 2 aromatic rings. The molecule has 1 saturated carbocycles. The second kappa shape index (κ2) is 8.13. The lowest BCUT2D eigenvalue weighted by atomic mass is 9.81. The molecule has 0 radical (unpaired) electrons. The predicted octanol–water partition coefficient (Wildman–Crippen LogP) is 3.19. The van der Waals surface area contributed by atoms with Gasteiger partial charge in [0.05, 0.1) is 22.7 Å². The average Bonchev–Trinajstić information content (AvgIpc) is 2.72. The number of carbonyl (C=O) groups is 1. The summed E-state index contributed by atoms with van der Waals surface area (Å²) in [6.45, 7) is 2.38. The number of carbonyl (C=O) groups excluding carboxylic acids is 1. The lowest BCUT2D eigenvalue weighted by molar-refractivity contribution is -0.131. The molecule has 0 bridgehead atoms. The Hall–Kier alpha value is -2.33. The van der Waals surface area contributed by atoms with Crippen LogP contribution in [0.25, 0.3) is 10.9 Å². The molecule has 0 aliphatic heterocycles. The monoisotopic (exact) mass is 384 g/mol. The number of rotatable bonds is 5. The van der Waals surface area contributed by atoms with Gasteiger partial charge in [0.15, 0.2) is 5.16 Å². The second-order valence-electron chi connectivity index (χ2n) is 6.91. The Bertz CT molecular complexity index is 941. The summed E-state index contributed by atoms with van der Waals surface area (Å²) < 4.78 is 1.60. The van der Waals surface area contributed by atoms with E-state index < -0.39 is 5.54 Å². The van der Waals surface area contributed by atoms with Gasteiger partial charge in [0, 0.05) is 13.6 Å². The van der Waals surface area contributed by atoms with E-state index >= 15 is 0 Å². The third kappa shape index (κ3) is 3.72. The zero-order valence-electron chi connectivity index (χ0n) is 15.8. The molecule has 0 unspecified atom stereocenters. The highest BCUT2D eigenvalue weighted by Gasteiger charge is 2.38. The number of fused-ring (bicyclic) bond motifs is 1. The van der Waals surface area contributed by atoms with Crippen LogP contribution in [0.15, 0.2) is 34.2 Å². The van der Waals surface area contributed by atoms with Gasteiger partial charge in [-0.15, -0.1) is 0 Å². The highest BCUT2D eigenvalue weighted by atomic mass is 32.2. The molecule has 0 spiro atoms. The zero-order valence-corrected chi connectivity index (χ0v) is 16.6. The van der Waals surface area contributed by atoms with E-state index in [4.69, 9.17) is 0 Å². The van der Waals surface area contributed by atoms with Crippen molar-refractivity contribution in [2.24, 2.45) is 0 Å². The van der Waals surface area contributed by atoms with Crippen molar-refractivity contribution >= 4 is 28.6 Å². The quantitative estimate of drug-likeness (QED) is 0.584. The van der Waals surface area contributed by atoms with Crippen LogP contribution in [0.3, 0.4) is 0 Å². The average molecular weight is 385 g/mol. The van der Waals surface area contributed by atoms with Gasteiger partial charge in [0.1, 0.15) is 5.54 Å². The Morgan fingerprint density at radius 1 is 1.33 bits per heavy atom. The lowest BCUT2D eigenvalue weighted by Gasteiger charge is -2.39. The van der Waals surface area contributed by atoms with Crippen molar-refractivity contribution < 1.29 is 4.79 Å². The second-order valence-corrected chi connectivity index (χ2v) is 7.85. The van der Waals surface area contributed by atoms with Crippen molar-refractivity contribution in [2.45, 2.75) is 56.3 Å². The summed E-state index contributed by atoms with van der Waals surface area (Å²) in [5.41, 5.74) is -0.152. The van der Waals surface area contributed by atoms with E-state index in [1.54, 1.807) is 28.6 Å². The van der Waals surface area contributed by atoms with Gasteiger partial charge >= 0.3 is 0 Å². The number of aromatic nitrogens is 2. The fourth-order valence-corrected chi connectivity index (χ4v) is 4.63. The number of benzene rings is 1. The van der Waals surface area contributed by atoms with Crippen LogP contribution in [0.5, 0.6) is 0 Å². The number of nitrogens with zero attached hydrogens (tertiary/aromatic N) is 4. The summed E-state index contributed by atoms with van der Waals surface area (Å²) >= 11 is 1.26. The molecule has 0 N–H and O–H groups in total. The van der Waals surface area contributed by atoms with Crippen LogP contribution in [0.2, 0.25) is 0 Å². The van der Waals surface area contributed by atoms with Crippen molar-refractivity contribution in [3.63, 3.8) is 0 Å². The van der Waals surface area contributed by atoms with E-state index in [-0.39, 0.29) is 17.2 Å². The summed E-state index contributed by atoms with van der Waals surface area (Å²) in [6.07, 6.45) is 4.51. The fourth-order valence-electron chi connectivity index (χ4n) is 3.66. The minimum atomic E-state index is -0.697. The number of para-hydroxylation sites is 1. The van der Waals surface area contributed by atoms with Crippen LogP contribution in [0.1, 0.15) is 39.0 Å². The topological polar surface area (TPSA) is 79.0 Å². The number of nitriles is 1. The van der Waals surface area contributed by atoms with Crippen molar-refractivity contribution in [3.8, 4) is 6.07 Å². The molecular weight excluding hydrogens is 360 g/mol. The summed E-state index contributed by atoms with van der Waals surface area (Å²) in [5.74, 6) is 0.0542. The fraction of sp³-hybridized carbons (Fsp3) is 0.500. The number of thioether (sulfide) groups is 1. The molecule has 1 amide bonds. The molecule has 3 rings (SSSR count). The molecular formula is C20H24N4O2S. The maximum Gasteiger partial charge on any atom is 0.262 e. The number of hydrogen-bond donors (Lipinski definition) is 0. The van der Waals surface area contributed by atoms with E-state index in [9.17, 15) is 14.9 Å². The molecule has 1 heterocycles. The highest BCUT2D eigenvalue weighted by Crippen LogP contribution is 2.33. The minimum absolute atomic E-state index is 0.0906. The van der Waals surface area contributed by atoms with Gasteiger partial charge in [-0.05, 0) is 31.9 Å². The maximum atomic E-state index is 12.8. The van der Waals surface area contributed by atoms with Crippen LogP contribution >= 0.6 is 11.8 Å². The van der Waals surface area contributed by atoms with Crippen LogP contribution in [-0.2, 0) is 11.3 Å². The number of hydrogen-bond acceptors (Lipinski definition) is 5. The van der Waals surface area contributed by atoms with Crippen molar-refractivity contribution in [2.75, 3.05) is 12.8 Å². The largest absolute Gasteiger partial charge is 0.326 e. The molecule has 27 heavy (non-hydrogen) atoms. The third-order valence-corrected chi connectivity index (χ3v) is 6.33. The normalized spacial score (nSPS) is 16.0. The smallest absolute Gasteiger partial charge is 0.262 e. The SMILES string of the molecule is CCn1c(SCC(=O)N(C)C2(C#N)CCCCC2)nc2ccccc2c1=O. The Morgan fingerprint density at radius 3 is 2.70 bits per heavy atom. The Balaban J connectivity index is 1.81. The Labute approximate surface area is 163 Å². The molecule has 1 aromatic carbocycles. The van der Waals surface area contributed by atoms with Gasteiger partial charge in [0.2, 0.25) is 5.91 Å². The summed E-state index contributed by atoms with van der Waals surface area (Å²) in [4.78, 5) is 31.6. The molecule has 142 valence electrons. The van der Waals surface area contributed by atoms with Gasteiger partial charge in [-0.3, -0.25) is 14.2 Å². The minimum Gasteiger partial charge on any atom is -0.326 e. The van der Waals surface area contributed by atoms with Crippen LogP contribution in [0.4, 0.5) is 0 Å². The Kier molecular flexibility index (Phi) is 5.85. The van der Waals surface area contributed by atoms with Crippen molar-refractivity contribution in [1.29, 1.82) is 5.26 Å². The van der Waals surface area contributed by atoms with Crippen LogP contribution in [0, 0.1) is 11.3 Å². The van der Waals surface area contributed by atoms with E-state index in [2.05, 4.69) is 11.1 Å². The molecule has 7 heteroatoms. The van der Waals surface area contributed by atoms with E-state index in [0.717, 1.165) is 32.1 Å². The maximum absolute atomic E-state index is 12.8. The molecule has 0 saturated heterocycles. The van der Waals surface area contributed by atoms with Crippen LogP contribution in [-0.4, -0.2) is 38.7 Å². The van der Waals surface area contributed by atoms with E-state index in [1.165, 1.54) is 11.8 Å². The summed E-state index contributed by atoms with van der Waals surface area (Å²) in [5, 5.41) is 10.8. The first kappa shape index (κ1) is 19.4. The van der Waals surface area contributed by atoms with E-state index in [0.29, 0.717) is 22.6 Å². The standard InChI is InChI=1S/C20H24N4O2S/c1-3-24-18(26)15-9-5-6-10-16(15)22-19(24)27-13-17(25)23(2)20(14-21)11-7-4-8-12-20/h5-6,9-10H,3-4,7-8,11-13H2,1-2H3. The lowest BCUT2D eigenvalue weighted by Crippen LogP contribution is -2.50. The third-order valence-electron chi connectivity index (χ3n) is 5.37. The molecule has 1 aliphatic rings. The predicted molar refractivity (Wildman–Crippen MR) is 107 cm³/mol. The first-order valence-electron chi connectivity index (χ1n) is 9.32. The van der Waals surface area contributed by atoms with E-state index in [1.807, 2.05) is 19.1 Å². The van der Waals surface area contributed by atoms with Crippen LogP contribution < -0.4 is 5.56 Å². The first-order valence-corrected chi connectivity index (χ1v) is 10.3. The van der Waals surface area contributed by atoms with Gasteiger partial charge in [0.25, 0.3) is 5.56 Å². The zero-order chi connectivity index (χ0) is 19.4. The molecule has 6 nitrogen and oxygen atoms in total. The van der Waals surface area contributed by atoms with Crippen molar-refractivity contribution in [1.82, 2.24) is 14.5 Å². The van der Waals surface area contributed by atoms with Crippen molar-refractivity contribution in [3.05, 3.63) is 34.6 Å². The molecule has 1 fully saturated rings. The highest BCUT2D eigenvalue weighted by molar-refractivity contribution is 7.99. The van der Waals surface area contributed by atoms with Gasteiger partial charge in [-0.25, -0.2) is 4.98 Å². The van der Waals surface area contributed by atoms with Gasteiger partial charge in [-0.2, -0.15) is 5.26 Å². The molecule has 1 aliphatic carbocycles. The molecule has 1 aromatic heterocycles. The Morgan fingerprint density at radius 2 is 2.04 bits per heavy atom. The first-order chi connectivity index (χ1) is 13.0. The van der Waals surface area contributed by atoms with Gasteiger partial charge in [-0.1, -0.05) is 43.2 Å². The number of amides is 1.